The van der Waals surface area contributed by atoms with E-state index in [1.54, 1.807) is 18.2 Å². The highest BCUT2D eigenvalue weighted by Gasteiger charge is 2.33. The van der Waals surface area contributed by atoms with Gasteiger partial charge in [0.05, 0.1) is 4.70 Å². The summed E-state index contributed by atoms with van der Waals surface area (Å²) >= 11 is 17.7. The molecule has 0 bridgehead atoms. The highest BCUT2D eigenvalue weighted by Crippen LogP contribution is 2.33. The third kappa shape index (κ3) is 2.08. The van der Waals surface area contributed by atoms with Crippen molar-refractivity contribution in [3.8, 4) is 0 Å². The summed E-state index contributed by atoms with van der Waals surface area (Å²) in [6, 6.07) is 5.01. The third-order valence-electron chi connectivity index (χ3n) is 1.78. The van der Waals surface area contributed by atoms with Crippen molar-refractivity contribution in [1.82, 2.24) is 9.59 Å². The van der Waals surface area contributed by atoms with Gasteiger partial charge in [0.1, 0.15) is 5.52 Å². The summed E-state index contributed by atoms with van der Waals surface area (Å²) in [5.74, 6) is -0.566. The number of hydrogen-bond donors (Lipinski definition) is 0. The summed E-state index contributed by atoms with van der Waals surface area (Å²) in [4.78, 5) is 11.7. The first kappa shape index (κ1) is 11.1. The summed E-state index contributed by atoms with van der Waals surface area (Å²) in [5, 5.41) is 3.83. The van der Waals surface area contributed by atoms with Crippen molar-refractivity contribution in [3.63, 3.8) is 0 Å². The Balaban J connectivity index is 2.62. The van der Waals surface area contributed by atoms with E-state index < -0.39 is 9.58 Å². The minimum atomic E-state index is -1.95. The average molecular weight is 282 g/mol. The molecule has 1 aromatic heterocycles. The van der Waals surface area contributed by atoms with Gasteiger partial charge in [0.15, 0.2) is 0 Å². The van der Waals surface area contributed by atoms with E-state index in [1.807, 2.05) is 0 Å². The van der Waals surface area contributed by atoms with Crippen molar-refractivity contribution >= 4 is 62.3 Å². The number of benzene rings is 1. The molecule has 0 atom stereocenters. The smallest absolute Gasteiger partial charge is 0.253 e. The molecule has 0 amide bonds. The van der Waals surface area contributed by atoms with E-state index in [1.165, 1.54) is 0 Å². The molecule has 0 radical (unpaired) electrons. The molecule has 0 saturated heterocycles. The number of rotatable bonds is 1. The number of carbonyl (C=O) groups is 1. The fourth-order valence-electron chi connectivity index (χ4n) is 1.14. The molecule has 0 fully saturated rings. The van der Waals surface area contributed by atoms with E-state index in [0.717, 1.165) is 11.5 Å². The summed E-state index contributed by atoms with van der Waals surface area (Å²) in [7, 11) is 0. The Kier molecular flexibility index (Phi) is 2.85. The maximum atomic E-state index is 11.7. The first-order valence-electron chi connectivity index (χ1n) is 3.83. The van der Waals surface area contributed by atoms with E-state index >= 15 is 0 Å². The van der Waals surface area contributed by atoms with Gasteiger partial charge in [-0.25, -0.2) is 0 Å². The number of ketones is 1. The quantitative estimate of drug-likeness (QED) is 0.595. The number of nitrogens with zero attached hydrogens (tertiary/aromatic N) is 2. The topological polar surface area (TPSA) is 42.9 Å². The number of fused-ring (bicyclic) bond motifs is 1. The van der Waals surface area contributed by atoms with Crippen LogP contribution < -0.4 is 0 Å². The Labute approximate surface area is 104 Å². The third-order valence-corrected chi connectivity index (χ3v) is 3.07. The molecule has 7 heteroatoms. The fraction of sp³-hybridized carbons (Fsp3) is 0.125. The minimum Gasteiger partial charge on any atom is -0.289 e. The van der Waals surface area contributed by atoms with Crippen molar-refractivity contribution in [2.45, 2.75) is 3.79 Å². The number of carbonyl (C=O) groups excluding carboxylic acids is 1. The van der Waals surface area contributed by atoms with Crippen molar-refractivity contribution in [2.75, 3.05) is 0 Å². The van der Waals surface area contributed by atoms with Gasteiger partial charge in [0.25, 0.3) is 3.79 Å². The van der Waals surface area contributed by atoms with E-state index in [2.05, 4.69) is 9.59 Å². The number of halogens is 3. The fourth-order valence-corrected chi connectivity index (χ4v) is 2.11. The molecule has 2 aromatic rings. The van der Waals surface area contributed by atoms with E-state index in [0.29, 0.717) is 15.8 Å². The molecular formula is C8H3Cl3N2OS. The van der Waals surface area contributed by atoms with Crippen LogP contribution >= 0.6 is 46.3 Å². The Hall–Kier alpha value is -0.420. The molecule has 0 spiro atoms. The number of aromatic nitrogens is 2. The zero-order valence-electron chi connectivity index (χ0n) is 7.08. The Morgan fingerprint density at radius 3 is 2.73 bits per heavy atom. The second kappa shape index (κ2) is 3.87. The van der Waals surface area contributed by atoms with Gasteiger partial charge >= 0.3 is 0 Å². The summed E-state index contributed by atoms with van der Waals surface area (Å²) in [6.07, 6.45) is 0. The molecule has 78 valence electrons. The maximum absolute atomic E-state index is 11.7. The minimum absolute atomic E-state index is 0.336. The molecule has 0 aliphatic rings. The highest BCUT2D eigenvalue weighted by molar-refractivity contribution is 7.13. The van der Waals surface area contributed by atoms with Crippen LogP contribution in [0.15, 0.2) is 18.2 Å². The standard InChI is InChI=1S/C8H3Cl3N2OS/c9-8(10,11)7(14)4-2-1-3-5-6(4)15-13-12-5/h1-3H. The molecular weight excluding hydrogens is 279 g/mol. The van der Waals surface area contributed by atoms with E-state index in [9.17, 15) is 4.79 Å². The van der Waals surface area contributed by atoms with E-state index in [4.69, 9.17) is 34.8 Å². The van der Waals surface area contributed by atoms with Crippen molar-refractivity contribution < 1.29 is 4.79 Å². The maximum Gasteiger partial charge on any atom is 0.253 e. The zero-order valence-corrected chi connectivity index (χ0v) is 10.2. The van der Waals surface area contributed by atoms with Crippen LogP contribution in [0.4, 0.5) is 0 Å². The number of hydrogen-bond acceptors (Lipinski definition) is 4. The first-order valence-corrected chi connectivity index (χ1v) is 5.73. The monoisotopic (exact) mass is 280 g/mol. The lowest BCUT2D eigenvalue weighted by Gasteiger charge is -2.08. The lowest BCUT2D eigenvalue weighted by molar-refractivity contribution is 0.0998. The predicted octanol–water partition coefficient (Wildman–Crippen LogP) is 3.24. The van der Waals surface area contributed by atoms with Crippen LogP contribution in [0.1, 0.15) is 10.4 Å². The van der Waals surface area contributed by atoms with Gasteiger partial charge in [-0.1, -0.05) is 45.4 Å². The summed E-state index contributed by atoms with van der Waals surface area (Å²) < 4.78 is 2.42. The summed E-state index contributed by atoms with van der Waals surface area (Å²) in [6.45, 7) is 0. The van der Waals surface area contributed by atoms with Crippen LogP contribution in [-0.4, -0.2) is 19.2 Å². The lowest BCUT2D eigenvalue weighted by Crippen LogP contribution is -2.18. The van der Waals surface area contributed by atoms with Crippen molar-refractivity contribution in [2.24, 2.45) is 0 Å². The zero-order chi connectivity index (χ0) is 11.1. The molecule has 0 saturated carbocycles. The van der Waals surface area contributed by atoms with Crippen LogP contribution in [0.25, 0.3) is 10.2 Å². The van der Waals surface area contributed by atoms with Crippen molar-refractivity contribution in [3.05, 3.63) is 23.8 Å². The molecule has 1 aromatic carbocycles. The summed E-state index contributed by atoms with van der Waals surface area (Å²) in [5.41, 5.74) is 0.961. The van der Waals surface area contributed by atoms with Crippen molar-refractivity contribution in [1.29, 1.82) is 0 Å². The van der Waals surface area contributed by atoms with Crippen LogP contribution in [0.5, 0.6) is 0 Å². The lowest BCUT2D eigenvalue weighted by atomic mass is 10.1. The second-order valence-corrected chi connectivity index (χ2v) is 5.79. The SMILES string of the molecule is O=C(c1cccc2nnsc12)C(Cl)(Cl)Cl. The van der Waals surface area contributed by atoms with Crippen LogP contribution in [0.2, 0.25) is 0 Å². The largest absolute Gasteiger partial charge is 0.289 e. The van der Waals surface area contributed by atoms with Gasteiger partial charge in [-0.15, -0.1) is 5.10 Å². The molecule has 1 heterocycles. The van der Waals surface area contributed by atoms with Crippen LogP contribution in [0.3, 0.4) is 0 Å². The highest BCUT2D eigenvalue weighted by atomic mass is 35.6. The van der Waals surface area contributed by atoms with Gasteiger partial charge in [-0.3, -0.25) is 4.79 Å². The number of alkyl halides is 3. The van der Waals surface area contributed by atoms with Crippen LogP contribution in [-0.2, 0) is 0 Å². The van der Waals surface area contributed by atoms with Crippen LogP contribution in [0, 0.1) is 0 Å². The van der Waals surface area contributed by atoms with Gasteiger partial charge in [0, 0.05) is 5.56 Å². The van der Waals surface area contributed by atoms with E-state index in [-0.39, 0.29) is 0 Å². The molecule has 0 N–H and O–H groups in total. The second-order valence-electron chi connectivity index (χ2n) is 2.75. The Morgan fingerprint density at radius 1 is 1.33 bits per heavy atom. The molecule has 0 aliphatic carbocycles. The predicted molar refractivity (Wildman–Crippen MR) is 62.0 cm³/mol. The van der Waals surface area contributed by atoms with Gasteiger partial charge in [0.2, 0.25) is 5.78 Å². The normalized spacial score (nSPS) is 11.9. The number of Topliss-reactive ketones (excluding diaryl/α,β-unsaturated/α-hetero) is 1. The molecule has 3 nitrogen and oxygen atoms in total. The molecule has 15 heavy (non-hydrogen) atoms. The molecule has 2 rings (SSSR count). The van der Waals surface area contributed by atoms with Gasteiger partial charge in [-0.05, 0) is 23.7 Å². The Morgan fingerprint density at radius 2 is 2.07 bits per heavy atom. The molecule has 0 aliphatic heterocycles. The van der Waals surface area contributed by atoms with Gasteiger partial charge < -0.3 is 0 Å². The average Bonchev–Trinajstić information content (AvgIpc) is 2.62. The van der Waals surface area contributed by atoms with Gasteiger partial charge in [-0.2, -0.15) is 0 Å². The first-order chi connectivity index (χ1) is 7.00. The molecule has 0 unspecified atom stereocenters. The Bertz CT molecular complexity index is 520.